The molecule has 0 bridgehead atoms. The number of hydrogen-bond acceptors (Lipinski definition) is 4. The van der Waals surface area contributed by atoms with Crippen molar-refractivity contribution in [1.29, 1.82) is 5.41 Å². The Labute approximate surface area is 207 Å². The molecule has 2 aliphatic rings. The lowest BCUT2D eigenvalue weighted by Crippen LogP contribution is -2.41. The molecule has 2 saturated heterocycles. The van der Waals surface area contributed by atoms with Gasteiger partial charge in [-0.2, -0.15) is 0 Å². The molecule has 0 amide bonds. The monoisotopic (exact) mass is 482 g/mol. The van der Waals surface area contributed by atoms with Crippen molar-refractivity contribution in [2.75, 3.05) is 33.2 Å². The molecule has 0 saturated carbocycles. The van der Waals surface area contributed by atoms with E-state index >= 15 is 0 Å². The molecule has 3 aromatic rings. The number of guanidine groups is 1. The maximum Gasteiger partial charge on any atom is 0.188 e. The summed E-state index contributed by atoms with van der Waals surface area (Å²) in [6, 6.07) is 17.0. The van der Waals surface area contributed by atoms with E-state index in [2.05, 4.69) is 47.3 Å². The minimum atomic E-state index is -0.219. The summed E-state index contributed by atoms with van der Waals surface area (Å²) in [7, 11) is 2.17. The molecule has 4 N–H and O–H groups in total. The van der Waals surface area contributed by atoms with Crippen LogP contribution in [0.2, 0.25) is 0 Å². The van der Waals surface area contributed by atoms with Crippen molar-refractivity contribution in [3.05, 3.63) is 65.5 Å². The number of imidazole rings is 1. The van der Waals surface area contributed by atoms with E-state index in [1.54, 1.807) is 0 Å². The van der Waals surface area contributed by atoms with Crippen molar-refractivity contribution in [2.24, 2.45) is 5.73 Å². The Balaban J connectivity index is 0.00000274. The van der Waals surface area contributed by atoms with Crippen molar-refractivity contribution >= 4 is 29.4 Å². The lowest BCUT2D eigenvalue weighted by atomic mass is 9.88. The minimum Gasteiger partial charge on any atom is -0.370 e. The molecule has 2 aliphatic heterocycles. The van der Waals surface area contributed by atoms with Crippen LogP contribution in [0.5, 0.6) is 0 Å². The number of fused-ring (bicyclic) bond motifs is 1. The van der Waals surface area contributed by atoms with Gasteiger partial charge in [0.25, 0.3) is 0 Å². The van der Waals surface area contributed by atoms with Gasteiger partial charge >= 0.3 is 0 Å². The maximum absolute atomic E-state index is 7.70. The third-order valence-corrected chi connectivity index (χ3v) is 7.17. The van der Waals surface area contributed by atoms with Crippen molar-refractivity contribution < 1.29 is 4.74 Å². The summed E-state index contributed by atoms with van der Waals surface area (Å²) in [4.78, 5) is 12.7. The summed E-state index contributed by atoms with van der Waals surface area (Å²) in [5.74, 6) is 1.53. The minimum absolute atomic E-state index is 0. The number of aromatic nitrogens is 2. The van der Waals surface area contributed by atoms with Gasteiger partial charge in [0.2, 0.25) is 0 Å². The van der Waals surface area contributed by atoms with Crippen LogP contribution < -0.4 is 5.73 Å². The summed E-state index contributed by atoms with van der Waals surface area (Å²) in [5.41, 5.74) is 10.2. The molecule has 3 heterocycles. The Morgan fingerprint density at radius 1 is 1.06 bits per heavy atom. The van der Waals surface area contributed by atoms with Gasteiger partial charge < -0.3 is 25.3 Å². The molecule has 8 heteroatoms. The number of halogens is 1. The van der Waals surface area contributed by atoms with Gasteiger partial charge in [0, 0.05) is 26.2 Å². The zero-order chi connectivity index (χ0) is 22.8. The highest BCUT2D eigenvalue weighted by atomic mass is 35.5. The molecule has 5 rings (SSSR count). The summed E-state index contributed by atoms with van der Waals surface area (Å²) < 4.78 is 6.76. The van der Waals surface area contributed by atoms with Gasteiger partial charge in [-0.3, -0.25) is 5.41 Å². The van der Waals surface area contributed by atoms with E-state index < -0.39 is 0 Å². The maximum atomic E-state index is 7.70. The fourth-order valence-corrected chi connectivity index (χ4v) is 5.14. The standard InChI is InChI=1S/C26H34N6O.ClH/c1-31-13-11-21(12-14-31)33-24(25-29-22-7-2-3-8-23(22)30-25)20-6-4-5-19(17-20)18-9-15-32(16-10-18)26(27)28;/h2-8,17-18,21,24H,9-16H2,1H3,(H3,27,28)(H,29,30);1H. The highest BCUT2D eigenvalue weighted by Crippen LogP contribution is 2.34. The number of hydrogen-bond donors (Lipinski definition) is 3. The second-order valence-electron chi connectivity index (χ2n) is 9.47. The summed E-state index contributed by atoms with van der Waals surface area (Å²) in [6.45, 7) is 3.80. The number of benzene rings is 2. The van der Waals surface area contributed by atoms with Crippen molar-refractivity contribution in [2.45, 2.75) is 43.8 Å². The van der Waals surface area contributed by atoms with Gasteiger partial charge in [-0.25, -0.2) is 4.98 Å². The average Bonchev–Trinajstić information content (AvgIpc) is 3.28. The van der Waals surface area contributed by atoms with E-state index in [0.29, 0.717) is 5.92 Å². The molecule has 1 aromatic heterocycles. The molecule has 34 heavy (non-hydrogen) atoms. The molecule has 7 nitrogen and oxygen atoms in total. The molecular formula is C26H35ClN6O. The van der Waals surface area contributed by atoms with Crippen LogP contribution in [-0.4, -0.2) is 65.1 Å². The molecule has 0 aliphatic carbocycles. The predicted octanol–water partition coefficient (Wildman–Crippen LogP) is 4.26. The summed E-state index contributed by atoms with van der Waals surface area (Å²) in [5, 5.41) is 7.70. The zero-order valence-electron chi connectivity index (χ0n) is 19.7. The number of rotatable bonds is 5. The molecule has 1 atom stereocenters. The molecule has 1 unspecified atom stereocenters. The van der Waals surface area contributed by atoms with Crippen molar-refractivity contribution in [1.82, 2.24) is 19.8 Å². The number of H-pyrrole nitrogens is 1. The van der Waals surface area contributed by atoms with Crippen LogP contribution in [0.1, 0.15) is 54.7 Å². The lowest BCUT2D eigenvalue weighted by molar-refractivity contribution is -0.0264. The third kappa shape index (κ3) is 5.37. The summed E-state index contributed by atoms with van der Waals surface area (Å²) in [6.07, 6.45) is 4.10. The Morgan fingerprint density at radius 2 is 1.79 bits per heavy atom. The van der Waals surface area contributed by atoms with Gasteiger partial charge in [-0.05, 0) is 61.9 Å². The van der Waals surface area contributed by atoms with E-state index in [-0.39, 0.29) is 30.6 Å². The fraction of sp³-hybridized carbons (Fsp3) is 0.462. The first-order valence-electron chi connectivity index (χ1n) is 12.0. The van der Waals surface area contributed by atoms with Gasteiger partial charge in [0.1, 0.15) is 11.9 Å². The second-order valence-corrected chi connectivity index (χ2v) is 9.47. The summed E-state index contributed by atoms with van der Waals surface area (Å²) >= 11 is 0. The molecular weight excluding hydrogens is 448 g/mol. The largest absolute Gasteiger partial charge is 0.370 e. The number of nitrogens with one attached hydrogen (secondary N) is 2. The number of aromatic amines is 1. The number of piperidine rings is 2. The molecule has 2 aromatic carbocycles. The number of ether oxygens (including phenoxy) is 1. The lowest BCUT2D eigenvalue weighted by Gasteiger charge is -2.33. The highest BCUT2D eigenvalue weighted by molar-refractivity contribution is 5.85. The molecule has 2 fully saturated rings. The number of nitrogens with zero attached hydrogens (tertiary/aromatic N) is 3. The Bertz CT molecular complexity index is 1070. The van der Waals surface area contributed by atoms with Crippen LogP contribution in [0.4, 0.5) is 0 Å². The first-order chi connectivity index (χ1) is 16.1. The number of likely N-dealkylation sites (tertiary alicyclic amines) is 2. The van der Waals surface area contributed by atoms with E-state index in [1.807, 2.05) is 23.1 Å². The SMILES string of the molecule is CN1CCC(OC(c2cccc(C3CCN(C(=N)N)CC3)c2)c2nc3ccccc3[nH]2)CC1.Cl. The van der Waals surface area contributed by atoms with Gasteiger partial charge in [-0.1, -0.05) is 36.4 Å². The van der Waals surface area contributed by atoms with Gasteiger partial charge in [0.05, 0.1) is 17.1 Å². The Kier molecular flexibility index (Phi) is 7.76. The smallest absolute Gasteiger partial charge is 0.188 e. The van der Waals surface area contributed by atoms with E-state index in [0.717, 1.165) is 74.3 Å². The number of para-hydroxylation sites is 2. The zero-order valence-corrected chi connectivity index (χ0v) is 20.6. The Hall–Kier alpha value is -2.61. The average molecular weight is 483 g/mol. The third-order valence-electron chi connectivity index (χ3n) is 7.17. The first kappa shape index (κ1) is 24.5. The number of nitrogens with two attached hydrogens (primary N) is 1. The molecule has 0 radical (unpaired) electrons. The van der Waals surface area contributed by atoms with Crippen LogP contribution in [0.15, 0.2) is 48.5 Å². The van der Waals surface area contributed by atoms with Crippen molar-refractivity contribution in [3.8, 4) is 0 Å². The topological polar surface area (TPSA) is 94.3 Å². The van der Waals surface area contributed by atoms with Crippen LogP contribution in [-0.2, 0) is 4.74 Å². The van der Waals surface area contributed by atoms with Gasteiger partial charge in [0.15, 0.2) is 5.96 Å². The van der Waals surface area contributed by atoms with Crippen LogP contribution >= 0.6 is 12.4 Å². The Morgan fingerprint density at radius 3 is 2.50 bits per heavy atom. The second kappa shape index (κ2) is 10.8. The molecule has 182 valence electrons. The highest BCUT2D eigenvalue weighted by Gasteiger charge is 2.27. The van der Waals surface area contributed by atoms with Crippen molar-refractivity contribution in [3.63, 3.8) is 0 Å². The van der Waals surface area contributed by atoms with E-state index in [4.69, 9.17) is 20.9 Å². The fourth-order valence-electron chi connectivity index (χ4n) is 5.14. The van der Waals surface area contributed by atoms with E-state index in [1.165, 1.54) is 5.56 Å². The first-order valence-corrected chi connectivity index (χ1v) is 12.0. The van der Waals surface area contributed by atoms with Crippen LogP contribution in [0.3, 0.4) is 0 Å². The van der Waals surface area contributed by atoms with Gasteiger partial charge in [-0.15, -0.1) is 12.4 Å². The van der Waals surface area contributed by atoms with Crippen LogP contribution in [0, 0.1) is 5.41 Å². The normalized spacial score (nSPS) is 19.1. The van der Waals surface area contributed by atoms with E-state index in [9.17, 15) is 0 Å². The quantitative estimate of drug-likeness (QED) is 0.373. The predicted molar refractivity (Wildman–Crippen MR) is 139 cm³/mol. The molecule has 0 spiro atoms. The van der Waals surface area contributed by atoms with Crippen LogP contribution in [0.25, 0.3) is 11.0 Å².